The Morgan fingerprint density at radius 1 is 1.00 bits per heavy atom. The normalized spacial score (nSPS) is 17.7. The van der Waals surface area contributed by atoms with E-state index in [0.717, 1.165) is 40.8 Å². The van der Waals surface area contributed by atoms with Crippen LogP contribution in [0.25, 0.3) is 0 Å². The van der Waals surface area contributed by atoms with Crippen molar-refractivity contribution in [2.45, 2.75) is 10.9 Å². The van der Waals surface area contributed by atoms with Crippen molar-refractivity contribution in [1.29, 1.82) is 0 Å². The van der Waals surface area contributed by atoms with Gasteiger partial charge in [0, 0.05) is 29.9 Å². The van der Waals surface area contributed by atoms with Crippen LogP contribution in [0.15, 0.2) is 77.8 Å². The summed E-state index contributed by atoms with van der Waals surface area (Å²) in [6.07, 6.45) is 1.50. The van der Waals surface area contributed by atoms with Crippen LogP contribution in [0.5, 0.6) is 0 Å². The highest BCUT2D eigenvalue weighted by Gasteiger charge is 2.33. The number of hydrogen-bond donors (Lipinski definition) is 0. The topological polar surface area (TPSA) is 72.0 Å². The molecule has 1 fully saturated rings. The molecule has 0 spiro atoms. The number of carbonyl (C=O) groups excluding carboxylic acids is 2. The van der Waals surface area contributed by atoms with E-state index in [4.69, 9.17) is 9.47 Å². The molecule has 2 aliphatic heterocycles. The fourth-order valence-corrected chi connectivity index (χ4v) is 5.35. The van der Waals surface area contributed by atoms with Gasteiger partial charge in [0.2, 0.25) is 0 Å². The summed E-state index contributed by atoms with van der Waals surface area (Å²) < 4.78 is 10.8. The van der Waals surface area contributed by atoms with Gasteiger partial charge in [-0.05, 0) is 29.8 Å². The minimum absolute atomic E-state index is 0.137. The summed E-state index contributed by atoms with van der Waals surface area (Å²) in [5.74, 6) is 0.704. The van der Waals surface area contributed by atoms with Crippen LogP contribution in [-0.4, -0.2) is 55.5 Å². The van der Waals surface area contributed by atoms with Crippen LogP contribution in [-0.2, 0) is 14.3 Å². The van der Waals surface area contributed by atoms with Crippen LogP contribution < -0.4 is 9.80 Å². The third-order valence-electron chi connectivity index (χ3n) is 5.93. The molecule has 1 saturated heterocycles. The first-order valence-corrected chi connectivity index (χ1v) is 12.2. The Labute approximate surface area is 202 Å². The summed E-state index contributed by atoms with van der Waals surface area (Å²) in [5.41, 5.74) is 2.20. The Kier molecular flexibility index (Phi) is 6.78. The van der Waals surface area contributed by atoms with E-state index in [2.05, 4.69) is 9.88 Å². The minimum atomic E-state index is -0.565. The number of fused-ring (bicyclic) bond motifs is 1. The first kappa shape index (κ1) is 22.4. The van der Waals surface area contributed by atoms with Crippen molar-refractivity contribution in [2.75, 3.05) is 48.5 Å². The standard InChI is InChI=1S/C26H25N3O4S/c30-25(17-33-26(31)20-10-11-24(27-16-20)28-12-14-32-15-13-28)29-21-8-4-5-9-23(21)34-18-22(29)19-6-2-1-3-7-19/h1-11,16,22H,12-15,17-18H2. The number of aromatic nitrogens is 1. The quantitative estimate of drug-likeness (QED) is 0.518. The van der Waals surface area contributed by atoms with Crippen LogP contribution in [0.3, 0.4) is 0 Å². The van der Waals surface area contributed by atoms with Gasteiger partial charge < -0.3 is 14.4 Å². The molecule has 7 nitrogen and oxygen atoms in total. The molecule has 1 amide bonds. The second kappa shape index (κ2) is 10.3. The largest absolute Gasteiger partial charge is 0.452 e. The number of morpholine rings is 1. The highest BCUT2D eigenvalue weighted by molar-refractivity contribution is 7.99. The van der Waals surface area contributed by atoms with E-state index >= 15 is 0 Å². The van der Waals surface area contributed by atoms with Crippen molar-refractivity contribution >= 4 is 35.1 Å². The zero-order valence-corrected chi connectivity index (χ0v) is 19.4. The monoisotopic (exact) mass is 475 g/mol. The Balaban J connectivity index is 1.29. The molecule has 3 aromatic rings. The number of benzene rings is 2. The average Bonchev–Trinajstić information content (AvgIpc) is 2.92. The Hall–Kier alpha value is -3.36. The third kappa shape index (κ3) is 4.78. The number of carbonyl (C=O) groups is 2. The van der Waals surface area contributed by atoms with E-state index in [1.54, 1.807) is 28.8 Å². The van der Waals surface area contributed by atoms with Gasteiger partial charge in [-0.1, -0.05) is 42.5 Å². The molecular weight excluding hydrogens is 450 g/mol. The van der Waals surface area contributed by atoms with Crippen molar-refractivity contribution < 1.29 is 19.1 Å². The lowest BCUT2D eigenvalue weighted by Gasteiger charge is -2.37. The van der Waals surface area contributed by atoms with Gasteiger partial charge in [0.05, 0.1) is 30.5 Å². The van der Waals surface area contributed by atoms with Crippen molar-refractivity contribution in [3.8, 4) is 0 Å². The summed E-state index contributed by atoms with van der Waals surface area (Å²) in [5, 5.41) is 0. The van der Waals surface area contributed by atoms with E-state index in [-0.39, 0.29) is 18.6 Å². The lowest BCUT2D eigenvalue weighted by atomic mass is 10.1. The average molecular weight is 476 g/mol. The molecule has 1 atom stereocenters. The molecule has 2 aliphatic rings. The fourth-order valence-electron chi connectivity index (χ4n) is 4.18. The van der Waals surface area contributed by atoms with Gasteiger partial charge >= 0.3 is 5.97 Å². The molecule has 34 heavy (non-hydrogen) atoms. The van der Waals surface area contributed by atoms with Gasteiger partial charge in [-0.25, -0.2) is 9.78 Å². The molecule has 1 unspecified atom stereocenters. The number of amides is 1. The van der Waals surface area contributed by atoms with Gasteiger partial charge in [0.1, 0.15) is 5.82 Å². The van der Waals surface area contributed by atoms with Gasteiger partial charge in [0.25, 0.3) is 5.91 Å². The molecule has 0 bridgehead atoms. The number of esters is 1. The second-order valence-electron chi connectivity index (χ2n) is 8.05. The first-order chi connectivity index (χ1) is 16.7. The molecule has 1 aromatic heterocycles. The number of hydrogen-bond acceptors (Lipinski definition) is 7. The summed E-state index contributed by atoms with van der Waals surface area (Å²) in [6.45, 7) is 2.52. The van der Waals surface area contributed by atoms with E-state index in [0.29, 0.717) is 18.8 Å². The molecule has 174 valence electrons. The van der Waals surface area contributed by atoms with Gasteiger partial charge in [-0.15, -0.1) is 11.8 Å². The minimum Gasteiger partial charge on any atom is -0.452 e. The molecule has 0 aliphatic carbocycles. The SMILES string of the molecule is O=C(OCC(=O)N1c2ccccc2SCC1c1ccccc1)c1ccc(N2CCOCC2)nc1. The predicted octanol–water partition coefficient (Wildman–Crippen LogP) is 3.96. The van der Waals surface area contributed by atoms with Crippen molar-refractivity contribution in [2.24, 2.45) is 0 Å². The Bertz CT molecular complexity index is 1150. The second-order valence-corrected chi connectivity index (χ2v) is 9.11. The molecule has 0 saturated carbocycles. The van der Waals surface area contributed by atoms with Crippen molar-refractivity contribution in [1.82, 2.24) is 4.98 Å². The van der Waals surface area contributed by atoms with Crippen LogP contribution in [0.2, 0.25) is 0 Å². The summed E-state index contributed by atoms with van der Waals surface area (Å²) in [4.78, 5) is 35.3. The number of anilines is 2. The number of para-hydroxylation sites is 1. The molecular formula is C26H25N3O4S. The molecule has 2 aromatic carbocycles. The number of nitrogens with zero attached hydrogens (tertiary/aromatic N) is 3. The highest BCUT2D eigenvalue weighted by atomic mass is 32.2. The maximum Gasteiger partial charge on any atom is 0.340 e. The first-order valence-electron chi connectivity index (χ1n) is 11.3. The van der Waals surface area contributed by atoms with Crippen LogP contribution >= 0.6 is 11.8 Å². The number of ether oxygens (including phenoxy) is 2. The number of thioether (sulfide) groups is 1. The van der Waals surface area contributed by atoms with Gasteiger partial charge in [-0.2, -0.15) is 0 Å². The van der Waals surface area contributed by atoms with Crippen molar-refractivity contribution in [3.05, 3.63) is 84.1 Å². The fraction of sp³-hybridized carbons (Fsp3) is 0.269. The Morgan fingerprint density at radius 2 is 1.76 bits per heavy atom. The zero-order valence-electron chi connectivity index (χ0n) is 18.6. The van der Waals surface area contributed by atoms with E-state index in [1.807, 2.05) is 54.6 Å². The van der Waals surface area contributed by atoms with Gasteiger partial charge in [-0.3, -0.25) is 9.69 Å². The van der Waals surface area contributed by atoms with E-state index in [9.17, 15) is 9.59 Å². The predicted molar refractivity (Wildman–Crippen MR) is 131 cm³/mol. The molecule has 3 heterocycles. The smallest absolute Gasteiger partial charge is 0.340 e. The molecule has 8 heteroatoms. The van der Waals surface area contributed by atoms with E-state index < -0.39 is 5.97 Å². The maximum atomic E-state index is 13.3. The molecule has 0 N–H and O–H groups in total. The highest BCUT2D eigenvalue weighted by Crippen LogP contribution is 2.43. The molecule has 5 rings (SSSR count). The van der Waals surface area contributed by atoms with E-state index in [1.165, 1.54) is 6.20 Å². The third-order valence-corrected chi connectivity index (χ3v) is 7.07. The maximum absolute atomic E-state index is 13.3. The number of rotatable bonds is 5. The van der Waals surface area contributed by atoms with Gasteiger partial charge in [0.15, 0.2) is 6.61 Å². The zero-order chi connectivity index (χ0) is 23.3. The van der Waals surface area contributed by atoms with Crippen molar-refractivity contribution in [3.63, 3.8) is 0 Å². The summed E-state index contributed by atoms with van der Waals surface area (Å²) in [7, 11) is 0. The van der Waals surface area contributed by atoms with Crippen LogP contribution in [0, 0.1) is 0 Å². The Morgan fingerprint density at radius 3 is 2.53 bits per heavy atom. The van der Waals surface area contributed by atoms with Crippen LogP contribution in [0.1, 0.15) is 22.0 Å². The number of pyridine rings is 1. The summed E-state index contributed by atoms with van der Waals surface area (Å²) >= 11 is 1.73. The summed E-state index contributed by atoms with van der Waals surface area (Å²) in [6, 6.07) is 21.1. The van der Waals surface area contributed by atoms with Crippen LogP contribution in [0.4, 0.5) is 11.5 Å². The lowest BCUT2D eigenvalue weighted by Crippen LogP contribution is -2.41. The molecule has 0 radical (unpaired) electrons. The lowest BCUT2D eigenvalue weighted by molar-refractivity contribution is -0.122.